The molecule has 0 radical (unpaired) electrons. The fourth-order valence-electron chi connectivity index (χ4n) is 1.62. The molecular weight excluding hydrogens is 356 g/mol. The monoisotopic (exact) mass is 376 g/mol. The van der Waals surface area contributed by atoms with Crippen LogP contribution in [0.25, 0.3) is 0 Å². The maximum atomic E-state index is 12.2. The van der Waals surface area contributed by atoms with E-state index < -0.39 is 28.5 Å². The lowest BCUT2D eigenvalue weighted by Gasteiger charge is -2.14. The Labute approximate surface area is 147 Å². The summed E-state index contributed by atoms with van der Waals surface area (Å²) in [5, 5.41) is 2.52. The number of anilines is 1. The van der Waals surface area contributed by atoms with Gasteiger partial charge in [-0.1, -0.05) is 25.4 Å². The highest BCUT2D eigenvalue weighted by Gasteiger charge is 2.21. The second kappa shape index (κ2) is 8.46. The van der Waals surface area contributed by atoms with E-state index in [0.29, 0.717) is 6.42 Å². The molecule has 7 nitrogen and oxygen atoms in total. The molecular formula is C15H21ClN2O5S. The number of carbonyl (C=O) groups is 2. The summed E-state index contributed by atoms with van der Waals surface area (Å²) in [4.78, 5) is 23.2. The van der Waals surface area contributed by atoms with Gasteiger partial charge in [0.15, 0.2) is 6.61 Å². The quantitative estimate of drug-likeness (QED) is 0.736. The van der Waals surface area contributed by atoms with Crippen molar-refractivity contribution in [2.75, 3.05) is 26.0 Å². The molecule has 0 bridgehead atoms. The molecule has 0 aliphatic heterocycles. The van der Waals surface area contributed by atoms with Crippen molar-refractivity contribution in [3.05, 3.63) is 23.2 Å². The molecule has 24 heavy (non-hydrogen) atoms. The topological polar surface area (TPSA) is 92.8 Å². The standard InChI is InChI=1S/C15H21ClN2O5S/c1-5-10(2)15(20)23-9-14(19)17-11-6-7-12(16)13(8-11)24(21,22)18(3)4/h6-8,10H,5,9H2,1-4H3,(H,17,19). The van der Waals surface area contributed by atoms with Crippen LogP contribution in [0, 0.1) is 5.92 Å². The maximum Gasteiger partial charge on any atom is 0.309 e. The highest BCUT2D eigenvalue weighted by molar-refractivity contribution is 7.89. The zero-order chi connectivity index (χ0) is 18.5. The van der Waals surface area contributed by atoms with Gasteiger partial charge in [0.1, 0.15) is 4.90 Å². The van der Waals surface area contributed by atoms with Gasteiger partial charge in [0.25, 0.3) is 5.91 Å². The summed E-state index contributed by atoms with van der Waals surface area (Å²) in [6, 6.07) is 4.09. The molecule has 134 valence electrons. The molecule has 1 unspecified atom stereocenters. The zero-order valence-corrected chi connectivity index (χ0v) is 15.6. The number of carbonyl (C=O) groups excluding carboxylic acids is 2. The van der Waals surface area contributed by atoms with Gasteiger partial charge in [0.05, 0.1) is 10.9 Å². The first-order valence-corrected chi connectivity index (χ1v) is 9.10. The fourth-order valence-corrected chi connectivity index (χ4v) is 3.01. The molecule has 1 rings (SSSR count). The Bertz CT molecular complexity index is 719. The van der Waals surface area contributed by atoms with Crippen LogP contribution in [0.15, 0.2) is 23.1 Å². The zero-order valence-electron chi connectivity index (χ0n) is 14.0. The van der Waals surface area contributed by atoms with Crippen LogP contribution in [0.5, 0.6) is 0 Å². The molecule has 1 N–H and O–H groups in total. The maximum absolute atomic E-state index is 12.2. The predicted octanol–water partition coefficient (Wildman–Crippen LogP) is 2.12. The van der Waals surface area contributed by atoms with Crippen LogP contribution < -0.4 is 5.32 Å². The first-order chi connectivity index (χ1) is 11.1. The van der Waals surface area contributed by atoms with E-state index >= 15 is 0 Å². The molecule has 0 heterocycles. The highest BCUT2D eigenvalue weighted by atomic mass is 35.5. The van der Waals surface area contributed by atoms with Crippen molar-refractivity contribution in [3.63, 3.8) is 0 Å². The van der Waals surface area contributed by atoms with Crippen molar-refractivity contribution in [2.24, 2.45) is 5.92 Å². The Morgan fingerprint density at radius 1 is 1.33 bits per heavy atom. The highest BCUT2D eigenvalue weighted by Crippen LogP contribution is 2.26. The van der Waals surface area contributed by atoms with Crippen molar-refractivity contribution in [1.82, 2.24) is 4.31 Å². The van der Waals surface area contributed by atoms with Crippen LogP contribution >= 0.6 is 11.6 Å². The Morgan fingerprint density at radius 3 is 2.50 bits per heavy atom. The third kappa shape index (κ3) is 5.19. The van der Waals surface area contributed by atoms with Gasteiger partial charge in [-0.3, -0.25) is 9.59 Å². The van der Waals surface area contributed by atoms with E-state index in [-0.39, 0.29) is 21.5 Å². The molecule has 9 heteroatoms. The number of esters is 1. The van der Waals surface area contributed by atoms with Crippen molar-refractivity contribution in [2.45, 2.75) is 25.2 Å². The van der Waals surface area contributed by atoms with Crippen molar-refractivity contribution >= 4 is 39.2 Å². The smallest absolute Gasteiger partial charge is 0.309 e. The molecule has 0 aliphatic carbocycles. The molecule has 0 aromatic heterocycles. The van der Waals surface area contributed by atoms with Gasteiger partial charge >= 0.3 is 5.97 Å². The minimum atomic E-state index is -3.74. The van der Waals surface area contributed by atoms with Crippen LogP contribution in [0.2, 0.25) is 5.02 Å². The van der Waals surface area contributed by atoms with Crippen molar-refractivity contribution < 1.29 is 22.7 Å². The number of halogens is 1. The lowest BCUT2D eigenvalue weighted by Crippen LogP contribution is -2.24. The normalized spacial score (nSPS) is 12.8. The van der Waals surface area contributed by atoms with Gasteiger partial charge in [-0.2, -0.15) is 0 Å². The molecule has 0 spiro atoms. The predicted molar refractivity (Wildman–Crippen MR) is 91.4 cm³/mol. The summed E-state index contributed by atoms with van der Waals surface area (Å²) in [5.74, 6) is -1.31. The number of nitrogens with one attached hydrogen (secondary N) is 1. The van der Waals surface area contributed by atoms with E-state index in [2.05, 4.69) is 5.32 Å². The third-order valence-corrected chi connectivity index (χ3v) is 5.63. The average molecular weight is 377 g/mol. The summed E-state index contributed by atoms with van der Waals surface area (Å²) >= 11 is 5.93. The average Bonchev–Trinajstić information content (AvgIpc) is 2.53. The van der Waals surface area contributed by atoms with Crippen LogP contribution in [0.3, 0.4) is 0 Å². The second-order valence-electron chi connectivity index (χ2n) is 5.40. The lowest BCUT2D eigenvalue weighted by atomic mass is 10.1. The summed E-state index contributed by atoms with van der Waals surface area (Å²) < 4.78 is 30.3. The Morgan fingerprint density at radius 2 is 1.96 bits per heavy atom. The number of ether oxygens (including phenoxy) is 1. The molecule has 1 aromatic carbocycles. The van der Waals surface area contributed by atoms with E-state index in [1.807, 2.05) is 6.92 Å². The summed E-state index contributed by atoms with van der Waals surface area (Å²) in [5.41, 5.74) is 0.240. The molecule has 0 fully saturated rings. The van der Waals surface area contributed by atoms with Gasteiger partial charge < -0.3 is 10.1 Å². The van der Waals surface area contributed by atoms with Gasteiger partial charge in [0, 0.05) is 19.8 Å². The van der Waals surface area contributed by atoms with E-state index in [9.17, 15) is 18.0 Å². The summed E-state index contributed by atoms with van der Waals surface area (Å²) in [7, 11) is -0.981. The number of sulfonamides is 1. The summed E-state index contributed by atoms with van der Waals surface area (Å²) in [6.07, 6.45) is 0.614. The van der Waals surface area contributed by atoms with Gasteiger partial charge in [-0.05, 0) is 24.6 Å². The van der Waals surface area contributed by atoms with Crippen LogP contribution in [-0.2, 0) is 24.3 Å². The molecule has 0 aliphatic rings. The lowest BCUT2D eigenvalue weighted by molar-refractivity contribution is -0.151. The number of hydrogen-bond acceptors (Lipinski definition) is 5. The molecule has 1 aromatic rings. The minimum Gasteiger partial charge on any atom is -0.455 e. The third-order valence-electron chi connectivity index (χ3n) is 3.33. The molecule has 1 amide bonds. The second-order valence-corrected chi connectivity index (χ2v) is 7.93. The molecule has 0 saturated heterocycles. The van der Waals surface area contributed by atoms with Gasteiger partial charge in [-0.25, -0.2) is 12.7 Å². The first-order valence-electron chi connectivity index (χ1n) is 7.28. The summed E-state index contributed by atoms with van der Waals surface area (Å²) in [6.45, 7) is 3.10. The van der Waals surface area contributed by atoms with E-state index in [1.165, 1.54) is 32.3 Å². The van der Waals surface area contributed by atoms with E-state index in [4.69, 9.17) is 16.3 Å². The Hall–Kier alpha value is -1.64. The van der Waals surface area contributed by atoms with E-state index in [0.717, 1.165) is 4.31 Å². The number of benzene rings is 1. The van der Waals surface area contributed by atoms with Crippen molar-refractivity contribution in [1.29, 1.82) is 0 Å². The Kier molecular flexibility index (Phi) is 7.19. The van der Waals surface area contributed by atoms with Crippen LogP contribution in [-0.4, -0.2) is 45.3 Å². The van der Waals surface area contributed by atoms with E-state index in [1.54, 1.807) is 6.92 Å². The van der Waals surface area contributed by atoms with Gasteiger partial charge in [-0.15, -0.1) is 0 Å². The number of amides is 1. The molecule has 0 saturated carbocycles. The Balaban J connectivity index is 2.83. The SMILES string of the molecule is CCC(C)C(=O)OCC(=O)Nc1ccc(Cl)c(S(=O)(=O)N(C)C)c1. The van der Waals surface area contributed by atoms with Crippen LogP contribution in [0.1, 0.15) is 20.3 Å². The van der Waals surface area contributed by atoms with Crippen molar-refractivity contribution in [3.8, 4) is 0 Å². The number of nitrogens with zero attached hydrogens (tertiary/aromatic N) is 1. The number of hydrogen-bond donors (Lipinski definition) is 1. The van der Waals surface area contributed by atoms with Gasteiger partial charge in [0.2, 0.25) is 10.0 Å². The molecule has 1 atom stereocenters. The first kappa shape index (κ1) is 20.4. The minimum absolute atomic E-state index is 0.0462. The fraction of sp³-hybridized carbons (Fsp3) is 0.467. The number of rotatable bonds is 7. The largest absolute Gasteiger partial charge is 0.455 e. The van der Waals surface area contributed by atoms with Crippen LogP contribution in [0.4, 0.5) is 5.69 Å².